The SMILES string of the molecule is COc1cc(/C=C/C(=O)/C=C(O)/C=C/c2ccc(OC(=O)CCCc3ccc(N(CCCl)CCCl)cc3)c(OC)c2)ccc1O. The molecule has 3 aromatic rings. The topological polar surface area (TPSA) is 106 Å². The molecule has 0 radical (unpaired) electrons. The second-order valence-electron chi connectivity index (χ2n) is 9.84. The number of aromatic hydroxyl groups is 1. The number of carbonyl (C=O) groups excluding carboxylic acids is 2. The Kier molecular flexibility index (Phi) is 14.4. The first-order valence-electron chi connectivity index (χ1n) is 14.3. The second kappa shape index (κ2) is 18.4. The van der Waals surface area contributed by atoms with Crippen molar-refractivity contribution in [3.05, 3.63) is 101 Å². The molecule has 3 rings (SSSR count). The smallest absolute Gasteiger partial charge is 0.311 e. The maximum absolute atomic E-state index is 12.5. The molecule has 0 aliphatic heterocycles. The van der Waals surface area contributed by atoms with Gasteiger partial charge in [0.15, 0.2) is 28.8 Å². The molecule has 0 heterocycles. The van der Waals surface area contributed by atoms with Gasteiger partial charge in [0.05, 0.1) is 14.2 Å². The minimum absolute atomic E-state index is 0.00495. The summed E-state index contributed by atoms with van der Waals surface area (Å²) in [5.74, 6) is 0.906. The van der Waals surface area contributed by atoms with Crippen LogP contribution in [0, 0.1) is 0 Å². The van der Waals surface area contributed by atoms with Crippen LogP contribution in [-0.4, -0.2) is 61.0 Å². The molecular formula is C35H37Cl2NO7. The molecule has 0 saturated heterocycles. The number of alkyl halides is 2. The number of aliphatic hydroxyl groups excluding tert-OH is 1. The number of hydrogen-bond acceptors (Lipinski definition) is 8. The lowest BCUT2D eigenvalue weighted by atomic mass is 10.1. The minimum atomic E-state index is -0.433. The second-order valence-corrected chi connectivity index (χ2v) is 10.6. The maximum atomic E-state index is 12.5. The van der Waals surface area contributed by atoms with E-state index in [-0.39, 0.29) is 35.4 Å². The fraction of sp³-hybridized carbons (Fsp3) is 0.257. The zero-order valence-electron chi connectivity index (χ0n) is 25.2. The number of benzene rings is 3. The highest BCUT2D eigenvalue weighted by molar-refractivity contribution is 6.18. The Morgan fingerprint density at radius 1 is 0.822 bits per heavy atom. The standard InChI is InChI=1S/C35H37Cl2NO7/c1-43-33-22-26(10-16-31(33)41)8-14-29(39)24-30(40)15-9-27-11-17-32(34(23-27)44-2)45-35(42)5-3-4-25-6-12-28(13-7-25)38(20-18-36)21-19-37/h6-17,22-24,40-41H,3-5,18-21H2,1-2H3/b14-8+,15-9+,30-24-. The van der Waals surface area contributed by atoms with E-state index in [0.29, 0.717) is 35.1 Å². The minimum Gasteiger partial charge on any atom is -0.508 e. The van der Waals surface area contributed by atoms with Crippen LogP contribution < -0.4 is 19.1 Å². The molecule has 0 saturated carbocycles. The van der Waals surface area contributed by atoms with Crippen molar-refractivity contribution in [2.24, 2.45) is 0 Å². The fourth-order valence-corrected chi connectivity index (χ4v) is 4.74. The fourth-order valence-electron chi connectivity index (χ4n) is 4.33. The van der Waals surface area contributed by atoms with E-state index in [1.54, 1.807) is 42.5 Å². The number of esters is 1. The normalized spacial score (nSPS) is 11.6. The Bertz CT molecular complexity index is 1510. The average molecular weight is 655 g/mol. The largest absolute Gasteiger partial charge is 0.508 e. The Morgan fingerprint density at radius 3 is 2.09 bits per heavy atom. The van der Waals surface area contributed by atoms with Crippen molar-refractivity contribution in [3.63, 3.8) is 0 Å². The van der Waals surface area contributed by atoms with Crippen LogP contribution in [0.3, 0.4) is 0 Å². The molecule has 0 aromatic heterocycles. The Labute approximate surface area is 273 Å². The number of nitrogens with zero attached hydrogens (tertiary/aromatic N) is 1. The van der Waals surface area contributed by atoms with Gasteiger partial charge in [0.1, 0.15) is 5.76 Å². The molecule has 0 fully saturated rings. The highest BCUT2D eigenvalue weighted by Gasteiger charge is 2.11. The number of methoxy groups -OCH3 is 2. The summed E-state index contributed by atoms with van der Waals surface area (Å²) in [6.07, 6.45) is 8.45. The highest BCUT2D eigenvalue weighted by atomic mass is 35.5. The van der Waals surface area contributed by atoms with Crippen LogP contribution in [0.4, 0.5) is 5.69 Å². The first-order chi connectivity index (χ1) is 21.8. The molecule has 0 atom stereocenters. The van der Waals surface area contributed by atoms with Gasteiger partial charge in [-0.05, 0) is 78.1 Å². The van der Waals surface area contributed by atoms with Crippen LogP contribution in [0.1, 0.15) is 29.5 Å². The number of phenols is 1. The number of hydrogen-bond donors (Lipinski definition) is 2. The first-order valence-corrected chi connectivity index (χ1v) is 15.4. The molecule has 0 unspecified atom stereocenters. The van der Waals surface area contributed by atoms with E-state index in [1.807, 2.05) is 24.3 Å². The van der Waals surface area contributed by atoms with Crippen molar-refractivity contribution >= 4 is 52.8 Å². The summed E-state index contributed by atoms with van der Waals surface area (Å²) >= 11 is 11.8. The van der Waals surface area contributed by atoms with Gasteiger partial charge in [-0.3, -0.25) is 9.59 Å². The van der Waals surface area contributed by atoms with Gasteiger partial charge in [-0.2, -0.15) is 0 Å². The summed E-state index contributed by atoms with van der Waals surface area (Å²) in [5.41, 5.74) is 3.48. The Balaban J connectivity index is 1.51. The number of phenolic OH excluding ortho intramolecular Hbond substituents is 1. The summed E-state index contributed by atoms with van der Waals surface area (Å²) in [5, 5.41) is 19.9. The zero-order valence-corrected chi connectivity index (χ0v) is 26.8. The zero-order chi connectivity index (χ0) is 32.6. The van der Waals surface area contributed by atoms with Crippen molar-refractivity contribution in [1.82, 2.24) is 0 Å². The van der Waals surface area contributed by atoms with Gasteiger partial charge in [-0.15, -0.1) is 23.2 Å². The summed E-state index contributed by atoms with van der Waals surface area (Å²) in [4.78, 5) is 26.9. The highest BCUT2D eigenvalue weighted by Crippen LogP contribution is 2.29. The number of allylic oxidation sites excluding steroid dienone is 3. The monoisotopic (exact) mass is 653 g/mol. The number of rotatable bonds is 17. The summed E-state index contributed by atoms with van der Waals surface area (Å²) < 4.78 is 16.0. The third kappa shape index (κ3) is 11.6. The van der Waals surface area contributed by atoms with Gasteiger partial charge in [0, 0.05) is 43.0 Å². The third-order valence-electron chi connectivity index (χ3n) is 6.65. The number of anilines is 1. The van der Waals surface area contributed by atoms with E-state index in [1.165, 1.54) is 32.4 Å². The van der Waals surface area contributed by atoms with Gasteiger partial charge in [0.2, 0.25) is 0 Å². The lowest BCUT2D eigenvalue weighted by Gasteiger charge is -2.23. The van der Waals surface area contributed by atoms with Gasteiger partial charge in [-0.1, -0.05) is 36.4 Å². The maximum Gasteiger partial charge on any atom is 0.311 e. The van der Waals surface area contributed by atoms with Crippen LogP contribution in [0.25, 0.3) is 12.2 Å². The van der Waals surface area contributed by atoms with E-state index in [0.717, 1.165) is 36.8 Å². The van der Waals surface area contributed by atoms with Crippen molar-refractivity contribution in [3.8, 4) is 23.0 Å². The van der Waals surface area contributed by atoms with Crippen LogP contribution in [0.2, 0.25) is 0 Å². The molecule has 0 bridgehead atoms. The molecule has 8 nitrogen and oxygen atoms in total. The number of ketones is 1. The molecule has 0 amide bonds. The van der Waals surface area contributed by atoms with Crippen LogP contribution in [0.5, 0.6) is 23.0 Å². The molecule has 2 N–H and O–H groups in total. The lowest BCUT2D eigenvalue weighted by Crippen LogP contribution is -2.27. The van der Waals surface area contributed by atoms with Gasteiger partial charge >= 0.3 is 5.97 Å². The quantitative estimate of drug-likeness (QED) is 0.0389. The summed E-state index contributed by atoms with van der Waals surface area (Å²) in [6, 6.07) is 17.8. The molecule has 238 valence electrons. The molecule has 0 aliphatic carbocycles. The van der Waals surface area contributed by atoms with E-state index in [4.69, 9.17) is 37.4 Å². The number of halogens is 2. The van der Waals surface area contributed by atoms with Crippen molar-refractivity contribution in [2.45, 2.75) is 19.3 Å². The van der Waals surface area contributed by atoms with Crippen molar-refractivity contribution < 1.29 is 34.0 Å². The molecular weight excluding hydrogens is 617 g/mol. The Hall–Kier alpha value is -4.40. The van der Waals surface area contributed by atoms with Gasteiger partial charge < -0.3 is 29.3 Å². The van der Waals surface area contributed by atoms with Gasteiger partial charge in [-0.25, -0.2) is 0 Å². The number of aliphatic hydroxyl groups is 1. The predicted molar refractivity (Wildman–Crippen MR) is 180 cm³/mol. The molecule has 10 heteroatoms. The van der Waals surface area contributed by atoms with Crippen LogP contribution in [0.15, 0.2) is 84.7 Å². The average Bonchev–Trinajstić information content (AvgIpc) is 3.04. The lowest BCUT2D eigenvalue weighted by molar-refractivity contribution is -0.134. The number of ether oxygens (including phenoxy) is 3. The summed E-state index contributed by atoms with van der Waals surface area (Å²) in [7, 11) is 2.90. The van der Waals surface area contributed by atoms with Crippen molar-refractivity contribution in [2.75, 3.05) is 44.0 Å². The summed E-state index contributed by atoms with van der Waals surface area (Å²) in [6.45, 7) is 1.44. The van der Waals surface area contributed by atoms with E-state index < -0.39 is 5.78 Å². The Morgan fingerprint density at radius 2 is 1.44 bits per heavy atom. The number of aryl methyl sites for hydroxylation is 1. The molecule has 3 aromatic carbocycles. The first kappa shape index (κ1) is 35.1. The van der Waals surface area contributed by atoms with Crippen molar-refractivity contribution in [1.29, 1.82) is 0 Å². The van der Waals surface area contributed by atoms with E-state index in [2.05, 4.69) is 4.90 Å². The van der Waals surface area contributed by atoms with E-state index >= 15 is 0 Å². The van der Waals surface area contributed by atoms with Gasteiger partial charge in [0.25, 0.3) is 0 Å². The number of carbonyl (C=O) groups is 2. The molecule has 45 heavy (non-hydrogen) atoms. The van der Waals surface area contributed by atoms with Crippen LogP contribution >= 0.6 is 23.2 Å². The van der Waals surface area contributed by atoms with E-state index in [9.17, 15) is 19.8 Å². The van der Waals surface area contributed by atoms with Crippen LogP contribution in [-0.2, 0) is 16.0 Å². The predicted octanol–water partition coefficient (Wildman–Crippen LogP) is 7.36. The third-order valence-corrected chi connectivity index (χ3v) is 6.99. The molecule has 0 aliphatic rings. The molecule has 0 spiro atoms.